The molecule has 0 aliphatic heterocycles. The van der Waals surface area contributed by atoms with Crippen LogP contribution in [0.5, 0.6) is 11.5 Å². The van der Waals surface area contributed by atoms with Crippen molar-refractivity contribution in [1.29, 1.82) is 0 Å². The van der Waals surface area contributed by atoms with Crippen molar-refractivity contribution in [3.05, 3.63) is 89.5 Å². The molecule has 0 unspecified atom stereocenters. The quantitative estimate of drug-likeness (QED) is 0.328. The van der Waals surface area contributed by atoms with Crippen molar-refractivity contribution in [2.75, 3.05) is 31.3 Å². The number of nitrogens with zero attached hydrogens (tertiary/aromatic N) is 2. The van der Waals surface area contributed by atoms with Crippen molar-refractivity contribution in [3.8, 4) is 11.5 Å². The molecule has 3 rings (SSSR count). The van der Waals surface area contributed by atoms with Gasteiger partial charge in [-0.3, -0.25) is 13.9 Å². The maximum atomic E-state index is 14.2. The number of nitrogens with one attached hydrogen (secondary N) is 1. The molecule has 0 heterocycles. The van der Waals surface area contributed by atoms with Gasteiger partial charge in [0.1, 0.15) is 24.1 Å². The molecule has 220 valence electrons. The summed E-state index contributed by atoms with van der Waals surface area (Å²) in [5.74, 6) is -0.209. The Kier molecular flexibility index (Phi) is 10.8. The fourth-order valence-electron chi connectivity index (χ4n) is 4.41. The molecule has 2 amide bonds. The van der Waals surface area contributed by atoms with Crippen LogP contribution in [0.3, 0.4) is 0 Å². The average molecular weight is 582 g/mol. The number of aryl methyl sites for hydroxylation is 1. The van der Waals surface area contributed by atoms with Crippen molar-refractivity contribution in [2.24, 2.45) is 0 Å². The summed E-state index contributed by atoms with van der Waals surface area (Å²) in [6.07, 6.45) is 1.27. The number of sulfonamides is 1. The molecule has 3 aromatic rings. The Morgan fingerprint density at radius 3 is 2.12 bits per heavy atom. The van der Waals surface area contributed by atoms with E-state index in [4.69, 9.17) is 9.47 Å². The van der Waals surface area contributed by atoms with Crippen molar-refractivity contribution in [3.63, 3.8) is 0 Å². The lowest BCUT2D eigenvalue weighted by Crippen LogP contribution is -2.54. The van der Waals surface area contributed by atoms with Gasteiger partial charge in [-0.2, -0.15) is 0 Å². The second-order valence-corrected chi connectivity index (χ2v) is 12.1. The monoisotopic (exact) mass is 581 g/mol. The van der Waals surface area contributed by atoms with Gasteiger partial charge in [-0.25, -0.2) is 8.42 Å². The lowest BCUT2D eigenvalue weighted by atomic mass is 10.0. The van der Waals surface area contributed by atoms with E-state index >= 15 is 0 Å². The zero-order valence-corrected chi connectivity index (χ0v) is 25.3. The summed E-state index contributed by atoms with van der Waals surface area (Å²) in [4.78, 5) is 29.3. The molecule has 0 saturated carbocycles. The number of hydrogen-bond donors (Lipinski definition) is 1. The second kappa shape index (κ2) is 14.0. The van der Waals surface area contributed by atoms with Crippen LogP contribution in [-0.4, -0.2) is 64.2 Å². The summed E-state index contributed by atoms with van der Waals surface area (Å²) in [6, 6.07) is 20.7. The van der Waals surface area contributed by atoms with Gasteiger partial charge in [-0.15, -0.1) is 0 Å². The molecule has 0 aliphatic rings. The Bertz CT molecular complexity index is 1430. The van der Waals surface area contributed by atoms with E-state index in [9.17, 15) is 18.0 Å². The number of ether oxygens (including phenoxy) is 2. The molecule has 10 heteroatoms. The predicted molar refractivity (Wildman–Crippen MR) is 161 cm³/mol. The lowest BCUT2D eigenvalue weighted by Gasteiger charge is -2.34. The predicted octanol–water partition coefficient (Wildman–Crippen LogP) is 3.94. The number of carbonyl (C=O) groups is 2. The smallest absolute Gasteiger partial charge is 0.244 e. The fraction of sp³-hybridized carbons (Fsp3) is 0.355. The summed E-state index contributed by atoms with van der Waals surface area (Å²) < 4.78 is 37.9. The van der Waals surface area contributed by atoms with Crippen LogP contribution in [0, 0.1) is 6.92 Å². The van der Waals surface area contributed by atoms with Crippen LogP contribution >= 0.6 is 0 Å². The summed E-state index contributed by atoms with van der Waals surface area (Å²) in [5.41, 5.74) is 2.89. The largest absolute Gasteiger partial charge is 0.497 e. The maximum Gasteiger partial charge on any atom is 0.244 e. The summed E-state index contributed by atoms with van der Waals surface area (Å²) in [7, 11) is -1.07. The van der Waals surface area contributed by atoms with Gasteiger partial charge in [0.15, 0.2) is 0 Å². The van der Waals surface area contributed by atoms with Gasteiger partial charge in [-0.1, -0.05) is 60.2 Å². The van der Waals surface area contributed by atoms with Gasteiger partial charge < -0.3 is 19.7 Å². The molecule has 9 nitrogen and oxygen atoms in total. The number of amides is 2. The average Bonchev–Trinajstić information content (AvgIpc) is 2.93. The van der Waals surface area contributed by atoms with Crippen LogP contribution in [0.4, 0.5) is 5.69 Å². The minimum absolute atomic E-state index is 0.106. The molecular formula is C31H39N3O6S. The van der Waals surface area contributed by atoms with Gasteiger partial charge in [-0.05, 0) is 44.0 Å². The molecule has 0 bridgehead atoms. The first-order valence-electron chi connectivity index (χ1n) is 13.3. The van der Waals surface area contributed by atoms with Crippen molar-refractivity contribution >= 4 is 27.5 Å². The highest BCUT2D eigenvalue weighted by Crippen LogP contribution is 2.34. The summed E-state index contributed by atoms with van der Waals surface area (Å²) in [5, 5.41) is 2.94. The SMILES string of the molecule is COc1ccc(OC)c(N(CC(=O)N(Cc2ccc(C)cc2)[C@@H](Cc2ccccc2)C(=O)NC(C)C)S(C)(=O)=O)c1. The molecule has 0 spiro atoms. The minimum atomic E-state index is -3.96. The highest BCUT2D eigenvalue weighted by molar-refractivity contribution is 7.92. The van der Waals surface area contributed by atoms with Crippen molar-refractivity contribution in [2.45, 2.75) is 45.8 Å². The number of carbonyl (C=O) groups excluding carboxylic acids is 2. The molecule has 0 aromatic heterocycles. The molecule has 0 fully saturated rings. The van der Waals surface area contributed by atoms with E-state index < -0.39 is 28.5 Å². The molecule has 0 radical (unpaired) electrons. The molecule has 3 aromatic carbocycles. The molecule has 0 aliphatic carbocycles. The standard InChI is InChI=1S/C31H39N3O6S/c1-22(2)32-31(36)28(18-24-10-8-7-9-11-24)33(20-25-14-12-23(3)13-15-25)30(35)21-34(41(6,37)38)27-19-26(39-4)16-17-29(27)40-5/h7-17,19,22,28H,18,20-21H2,1-6H3,(H,32,36)/t28-/m0/s1. The summed E-state index contributed by atoms with van der Waals surface area (Å²) in [6.45, 7) is 5.23. The first-order chi connectivity index (χ1) is 19.4. The van der Waals surface area contributed by atoms with Crippen LogP contribution in [-0.2, 0) is 32.6 Å². The highest BCUT2D eigenvalue weighted by atomic mass is 32.2. The van der Waals surface area contributed by atoms with E-state index in [2.05, 4.69) is 5.32 Å². The Labute approximate surface area is 243 Å². The van der Waals surface area contributed by atoms with E-state index in [1.165, 1.54) is 25.2 Å². The number of anilines is 1. The second-order valence-electron chi connectivity index (χ2n) is 10.2. The molecule has 1 atom stereocenters. The Balaban J connectivity index is 2.10. The third kappa shape index (κ3) is 8.72. The topological polar surface area (TPSA) is 105 Å². The normalized spacial score (nSPS) is 12.0. The van der Waals surface area contributed by atoms with E-state index in [-0.39, 0.29) is 36.4 Å². The van der Waals surface area contributed by atoms with E-state index in [0.717, 1.165) is 27.3 Å². The van der Waals surface area contributed by atoms with E-state index in [0.29, 0.717) is 5.75 Å². The van der Waals surface area contributed by atoms with Crippen molar-refractivity contribution < 1.29 is 27.5 Å². The van der Waals surface area contributed by atoms with Crippen LogP contribution in [0.15, 0.2) is 72.8 Å². The van der Waals surface area contributed by atoms with Crippen LogP contribution in [0.25, 0.3) is 0 Å². The Morgan fingerprint density at radius 2 is 1.56 bits per heavy atom. The summed E-state index contributed by atoms with van der Waals surface area (Å²) >= 11 is 0. The molecular weight excluding hydrogens is 542 g/mol. The molecule has 41 heavy (non-hydrogen) atoms. The van der Waals surface area contributed by atoms with E-state index in [1.54, 1.807) is 12.1 Å². The fourth-order valence-corrected chi connectivity index (χ4v) is 5.26. The molecule has 0 saturated heterocycles. The van der Waals surface area contributed by atoms with Gasteiger partial charge in [0.25, 0.3) is 0 Å². The zero-order valence-electron chi connectivity index (χ0n) is 24.5. The van der Waals surface area contributed by atoms with Crippen LogP contribution < -0.4 is 19.1 Å². The van der Waals surface area contributed by atoms with Crippen LogP contribution in [0.1, 0.15) is 30.5 Å². The number of hydrogen-bond acceptors (Lipinski definition) is 6. The maximum absolute atomic E-state index is 14.2. The molecule has 1 N–H and O–H groups in total. The third-order valence-corrected chi connectivity index (χ3v) is 7.64. The number of methoxy groups -OCH3 is 2. The minimum Gasteiger partial charge on any atom is -0.497 e. The van der Waals surface area contributed by atoms with Gasteiger partial charge >= 0.3 is 0 Å². The first-order valence-corrected chi connectivity index (χ1v) is 15.2. The number of benzene rings is 3. The number of rotatable bonds is 13. The zero-order chi connectivity index (χ0) is 30.2. The van der Waals surface area contributed by atoms with Gasteiger partial charge in [0, 0.05) is 25.1 Å². The van der Waals surface area contributed by atoms with Gasteiger partial charge in [0.2, 0.25) is 21.8 Å². The highest BCUT2D eigenvalue weighted by Gasteiger charge is 2.34. The van der Waals surface area contributed by atoms with Crippen LogP contribution in [0.2, 0.25) is 0 Å². The third-order valence-electron chi connectivity index (χ3n) is 6.51. The van der Waals surface area contributed by atoms with Gasteiger partial charge in [0.05, 0.1) is 26.2 Å². The van der Waals surface area contributed by atoms with Crippen molar-refractivity contribution in [1.82, 2.24) is 10.2 Å². The first kappa shape index (κ1) is 31.5. The van der Waals surface area contributed by atoms with E-state index in [1.807, 2.05) is 75.4 Å². The Hall–Kier alpha value is -4.05. The Morgan fingerprint density at radius 1 is 0.902 bits per heavy atom. The lowest BCUT2D eigenvalue weighted by molar-refractivity contribution is -0.140.